The summed E-state index contributed by atoms with van der Waals surface area (Å²) in [7, 11) is 1.51. The Hall–Kier alpha value is -2.87. The van der Waals surface area contributed by atoms with Crippen molar-refractivity contribution in [3.8, 4) is 11.8 Å². The van der Waals surface area contributed by atoms with Crippen LogP contribution in [0.3, 0.4) is 0 Å². The van der Waals surface area contributed by atoms with Gasteiger partial charge >= 0.3 is 0 Å². The summed E-state index contributed by atoms with van der Waals surface area (Å²) >= 11 is 0. The van der Waals surface area contributed by atoms with E-state index in [1.54, 1.807) is 36.4 Å². The zero-order valence-corrected chi connectivity index (χ0v) is 14.0. The standard InChI is InChI=1S/C20H19FN2O2/c1-25-15-8-9-18(14(12-15)13-22)23-19(24)20(10-4-5-11-20)16-6-2-3-7-17(16)21/h2-3,6-9,12H,4-5,10-11H2,1H3,(H,23,24). The fourth-order valence-corrected chi connectivity index (χ4v) is 3.54. The predicted molar refractivity (Wildman–Crippen MR) is 92.9 cm³/mol. The number of anilines is 1. The van der Waals surface area contributed by atoms with Gasteiger partial charge in [-0.25, -0.2) is 4.39 Å². The van der Waals surface area contributed by atoms with E-state index in [2.05, 4.69) is 11.4 Å². The quantitative estimate of drug-likeness (QED) is 0.910. The van der Waals surface area contributed by atoms with Crippen LogP contribution in [-0.4, -0.2) is 13.0 Å². The molecule has 1 fully saturated rings. The molecule has 4 nitrogen and oxygen atoms in total. The van der Waals surface area contributed by atoms with Gasteiger partial charge in [0.15, 0.2) is 0 Å². The fraction of sp³-hybridized carbons (Fsp3) is 0.300. The van der Waals surface area contributed by atoms with Crippen LogP contribution < -0.4 is 10.1 Å². The number of hydrogen-bond donors (Lipinski definition) is 1. The Morgan fingerprint density at radius 3 is 2.60 bits per heavy atom. The second-order valence-electron chi connectivity index (χ2n) is 6.25. The maximum absolute atomic E-state index is 14.4. The molecule has 1 aliphatic carbocycles. The lowest BCUT2D eigenvalue weighted by atomic mass is 9.77. The molecule has 0 heterocycles. The Labute approximate surface area is 146 Å². The van der Waals surface area contributed by atoms with Gasteiger partial charge in [0.1, 0.15) is 17.6 Å². The summed E-state index contributed by atoms with van der Waals surface area (Å²) in [4.78, 5) is 13.1. The zero-order valence-electron chi connectivity index (χ0n) is 14.0. The maximum Gasteiger partial charge on any atom is 0.235 e. The SMILES string of the molecule is COc1ccc(NC(=O)C2(c3ccccc3F)CCCC2)c(C#N)c1. The number of methoxy groups -OCH3 is 1. The van der Waals surface area contributed by atoms with E-state index in [1.165, 1.54) is 13.2 Å². The van der Waals surface area contributed by atoms with Gasteiger partial charge in [0.25, 0.3) is 0 Å². The van der Waals surface area contributed by atoms with E-state index in [0.717, 1.165) is 12.8 Å². The molecule has 0 unspecified atom stereocenters. The van der Waals surface area contributed by atoms with Crippen molar-refractivity contribution >= 4 is 11.6 Å². The molecule has 0 bridgehead atoms. The van der Waals surface area contributed by atoms with Crippen molar-refractivity contribution in [1.82, 2.24) is 0 Å². The summed E-state index contributed by atoms with van der Waals surface area (Å²) in [6, 6.07) is 13.4. The molecule has 3 rings (SSSR count). The van der Waals surface area contributed by atoms with Gasteiger partial charge in [-0.15, -0.1) is 0 Å². The van der Waals surface area contributed by atoms with Crippen molar-refractivity contribution in [2.24, 2.45) is 0 Å². The molecule has 0 aromatic heterocycles. The third-order valence-corrected chi connectivity index (χ3v) is 4.88. The molecule has 0 spiro atoms. The molecule has 25 heavy (non-hydrogen) atoms. The smallest absolute Gasteiger partial charge is 0.235 e. The highest BCUT2D eigenvalue weighted by Gasteiger charge is 2.44. The van der Waals surface area contributed by atoms with Crippen LogP contribution in [0, 0.1) is 17.1 Å². The Morgan fingerprint density at radius 2 is 1.96 bits per heavy atom. The molecule has 1 saturated carbocycles. The second kappa shape index (κ2) is 6.94. The fourth-order valence-electron chi connectivity index (χ4n) is 3.54. The molecule has 1 N–H and O–H groups in total. The van der Waals surface area contributed by atoms with Gasteiger partial charge in [-0.1, -0.05) is 31.0 Å². The van der Waals surface area contributed by atoms with E-state index in [9.17, 15) is 14.4 Å². The van der Waals surface area contributed by atoms with Gasteiger partial charge in [0.05, 0.1) is 23.8 Å². The predicted octanol–water partition coefficient (Wildman–Crippen LogP) is 4.16. The highest BCUT2D eigenvalue weighted by molar-refractivity contribution is 6.00. The largest absolute Gasteiger partial charge is 0.497 e. The van der Waals surface area contributed by atoms with E-state index in [-0.39, 0.29) is 11.7 Å². The summed E-state index contributed by atoms with van der Waals surface area (Å²) in [6.45, 7) is 0. The molecule has 1 amide bonds. The highest BCUT2D eigenvalue weighted by atomic mass is 19.1. The first-order valence-corrected chi connectivity index (χ1v) is 8.25. The number of rotatable bonds is 4. The number of halogens is 1. The molecule has 0 radical (unpaired) electrons. The first-order chi connectivity index (χ1) is 12.1. The topological polar surface area (TPSA) is 62.1 Å². The first kappa shape index (κ1) is 17.0. The van der Waals surface area contributed by atoms with Gasteiger partial charge in [0, 0.05) is 5.56 Å². The Balaban J connectivity index is 1.96. The third-order valence-electron chi connectivity index (χ3n) is 4.88. The Morgan fingerprint density at radius 1 is 1.24 bits per heavy atom. The normalized spacial score (nSPS) is 15.4. The van der Waals surface area contributed by atoms with Crippen molar-refractivity contribution in [3.05, 3.63) is 59.4 Å². The van der Waals surface area contributed by atoms with Gasteiger partial charge in [-0.3, -0.25) is 4.79 Å². The molecular formula is C20H19FN2O2. The number of benzene rings is 2. The van der Waals surface area contributed by atoms with Crippen LogP contribution >= 0.6 is 0 Å². The first-order valence-electron chi connectivity index (χ1n) is 8.25. The molecule has 0 atom stereocenters. The minimum atomic E-state index is -0.891. The molecule has 128 valence electrons. The molecule has 5 heteroatoms. The monoisotopic (exact) mass is 338 g/mol. The number of hydrogen-bond acceptors (Lipinski definition) is 3. The van der Waals surface area contributed by atoms with Crippen LogP contribution in [0.4, 0.5) is 10.1 Å². The summed E-state index contributed by atoms with van der Waals surface area (Å²) in [5, 5.41) is 12.2. The van der Waals surface area contributed by atoms with Crippen LogP contribution in [-0.2, 0) is 10.2 Å². The van der Waals surface area contributed by atoms with Gasteiger partial charge in [-0.2, -0.15) is 5.26 Å². The number of ether oxygens (including phenoxy) is 1. The van der Waals surface area contributed by atoms with E-state index < -0.39 is 5.41 Å². The van der Waals surface area contributed by atoms with Crippen LogP contribution in [0.15, 0.2) is 42.5 Å². The number of nitriles is 1. The number of amides is 1. The van der Waals surface area contributed by atoms with E-state index in [4.69, 9.17) is 4.74 Å². The highest BCUT2D eigenvalue weighted by Crippen LogP contribution is 2.43. The van der Waals surface area contributed by atoms with Gasteiger partial charge in [0.2, 0.25) is 5.91 Å². The third kappa shape index (κ3) is 3.08. The number of nitrogens with one attached hydrogen (secondary N) is 1. The number of carbonyl (C=O) groups excluding carboxylic acids is 1. The Kier molecular flexibility index (Phi) is 4.71. The average molecular weight is 338 g/mol. The lowest BCUT2D eigenvalue weighted by Gasteiger charge is -2.29. The molecule has 0 saturated heterocycles. The van der Waals surface area contributed by atoms with Crippen molar-refractivity contribution < 1.29 is 13.9 Å². The van der Waals surface area contributed by atoms with E-state index >= 15 is 0 Å². The van der Waals surface area contributed by atoms with Crippen molar-refractivity contribution in [3.63, 3.8) is 0 Å². The summed E-state index contributed by atoms with van der Waals surface area (Å²) in [5.74, 6) is -0.0919. The molecule has 0 aliphatic heterocycles. The maximum atomic E-state index is 14.4. The van der Waals surface area contributed by atoms with Gasteiger partial charge in [-0.05, 0) is 37.1 Å². The van der Waals surface area contributed by atoms with Crippen LogP contribution in [0.25, 0.3) is 0 Å². The summed E-state index contributed by atoms with van der Waals surface area (Å²) in [6.07, 6.45) is 2.93. The van der Waals surface area contributed by atoms with Crippen molar-refractivity contribution in [2.75, 3.05) is 12.4 Å². The van der Waals surface area contributed by atoms with Crippen molar-refractivity contribution in [2.45, 2.75) is 31.1 Å². The molecule has 2 aromatic carbocycles. The average Bonchev–Trinajstić information content (AvgIpc) is 3.13. The minimum Gasteiger partial charge on any atom is -0.497 e. The van der Waals surface area contributed by atoms with Crippen LogP contribution in [0.5, 0.6) is 5.75 Å². The Bertz CT molecular complexity index is 836. The summed E-state index contributed by atoms with van der Waals surface area (Å²) < 4.78 is 19.5. The lowest BCUT2D eigenvalue weighted by Crippen LogP contribution is -2.38. The van der Waals surface area contributed by atoms with Gasteiger partial charge < -0.3 is 10.1 Å². The second-order valence-corrected chi connectivity index (χ2v) is 6.25. The minimum absolute atomic E-state index is 0.267. The van der Waals surface area contributed by atoms with E-state index in [1.807, 2.05) is 0 Å². The van der Waals surface area contributed by atoms with Crippen LogP contribution in [0.2, 0.25) is 0 Å². The number of carbonyl (C=O) groups is 1. The summed E-state index contributed by atoms with van der Waals surface area (Å²) in [5.41, 5.74) is 0.264. The van der Waals surface area contributed by atoms with E-state index in [0.29, 0.717) is 35.4 Å². The molecular weight excluding hydrogens is 319 g/mol. The van der Waals surface area contributed by atoms with Crippen LogP contribution in [0.1, 0.15) is 36.8 Å². The zero-order chi connectivity index (χ0) is 17.9. The lowest BCUT2D eigenvalue weighted by molar-refractivity contribution is -0.121. The number of nitrogens with zero attached hydrogens (tertiary/aromatic N) is 1. The van der Waals surface area contributed by atoms with Crippen molar-refractivity contribution in [1.29, 1.82) is 5.26 Å². The molecule has 1 aliphatic rings. The molecule has 2 aromatic rings.